The van der Waals surface area contributed by atoms with Crippen molar-refractivity contribution in [3.63, 3.8) is 0 Å². The van der Waals surface area contributed by atoms with Crippen LogP contribution in [0.4, 0.5) is 4.39 Å². The van der Waals surface area contributed by atoms with Gasteiger partial charge >= 0.3 is 0 Å². The Labute approximate surface area is 132 Å². The molecule has 0 amide bonds. The maximum atomic E-state index is 13.4. The molecule has 110 valence electrons. The summed E-state index contributed by atoms with van der Waals surface area (Å²) in [6, 6.07) is 11.8. The molecule has 0 bridgehead atoms. The van der Waals surface area contributed by atoms with Gasteiger partial charge in [-0.25, -0.2) is 4.39 Å². The maximum Gasteiger partial charge on any atom is 0.124 e. The molecular weight excluding hydrogens is 301 g/mol. The van der Waals surface area contributed by atoms with Crippen LogP contribution in [0.5, 0.6) is 0 Å². The van der Waals surface area contributed by atoms with Crippen molar-refractivity contribution in [2.45, 2.75) is 26.3 Å². The van der Waals surface area contributed by atoms with Gasteiger partial charge in [-0.2, -0.15) is 0 Å². The van der Waals surface area contributed by atoms with Gasteiger partial charge in [0.15, 0.2) is 0 Å². The predicted octanol–water partition coefficient (Wildman–Crippen LogP) is 5.50. The van der Waals surface area contributed by atoms with Crippen LogP contribution in [0.2, 0.25) is 0 Å². The minimum absolute atomic E-state index is 0.166. The quantitative estimate of drug-likeness (QED) is 0.655. The first-order valence-electron chi connectivity index (χ1n) is 7.16. The molecule has 0 aliphatic carbocycles. The first-order chi connectivity index (χ1) is 10.2. The second-order valence-corrected chi connectivity index (χ2v) is 7.60. The normalized spacial score (nSPS) is 12.9. The smallest absolute Gasteiger partial charge is 0.124 e. The first-order valence-corrected chi connectivity index (χ1v) is 8.79. The van der Waals surface area contributed by atoms with Crippen LogP contribution >= 0.6 is 22.7 Å². The van der Waals surface area contributed by atoms with Gasteiger partial charge in [-0.15, -0.1) is 22.7 Å². The lowest BCUT2D eigenvalue weighted by Gasteiger charge is -2.15. The van der Waals surface area contributed by atoms with Crippen molar-refractivity contribution in [2.75, 3.05) is 6.54 Å². The standard InChI is InChI=1S/C17H18FNS2/c1-3-8-19-17(14-7-4-11(2)20-14)16-9-12-5-6-13(18)10-15(12)21-16/h4-7,9-10,17,19H,3,8H2,1-2H3. The van der Waals surface area contributed by atoms with E-state index in [9.17, 15) is 4.39 Å². The van der Waals surface area contributed by atoms with Crippen LogP contribution < -0.4 is 5.32 Å². The van der Waals surface area contributed by atoms with E-state index in [1.165, 1.54) is 20.7 Å². The van der Waals surface area contributed by atoms with Gasteiger partial charge in [-0.3, -0.25) is 0 Å². The second-order valence-electron chi connectivity index (χ2n) is 5.17. The summed E-state index contributed by atoms with van der Waals surface area (Å²) in [5.41, 5.74) is 0. The average Bonchev–Trinajstić information content (AvgIpc) is 3.05. The van der Waals surface area contributed by atoms with Crippen LogP contribution in [0.3, 0.4) is 0 Å². The first kappa shape index (κ1) is 14.7. The summed E-state index contributed by atoms with van der Waals surface area (Å²) in [6.07, 6.45) is 1.10. The van der Waals surface area contributed by atoms with Crippen LogP contribution in [-0.2, 0) is 0 Å². The fourth-order valence-corrected chi connectivity index (χ4v) is 4.64. The van der Waals surface area contributed by atoms with Gasteiger partial charge in [0.2, 0.25) is 0 Å². The number of fused-ring (bicyclic) bond motifs is 1. The molecule has 0 saturated carbocycles. The molecule has 0 radical (unpaired) electrons. The highest BCUT2D eigenvalue weighted by Crippen LogP contribution is 2.36. The Kier molecular flexibility index (Phi) is 4.38. The highest BCUT2D eigenvalue weighted by Gasteiger charge is 2.18. The van der Waals surface area contributed by atoms with Crippen LogP contribution in [-0.4, -0.2) is 6.54 Å². The molecule has 0 spiro atoms. The molecule has 4 heteroatoms. The summed E-state index contributed by atoms with van der Waals surface area (Å²) >= 11 is 3.50. The van der Waals surface area contributed by atoms with Crippen LogP contribution in [0, 0.1) is 12.7 Å². The van der Waals surface area contributed by atoms with E-state index in [0.29, 0.717) is 0 Å². The number of benzene rings is 1. The minimum atomic E-state index is -0.166. The van der Waals surface area contributed by atoms with Gasteiger partial charge in [0.25, 0.3) is 0 Å². The minimum Gasteiger partial charge on any atom is -0.305 e. The molecule has 0 aliphatic heterocycles. The van der Waals surface area contributed by atoms with E-state index < -0.39 is 0 Å². The number of halogens is 1. The topological polar surface area (TPSA) is 12.0 Å². The Hall–Kier alpha value is -1.23. The Balaban J connectivity index is 2.00. The molecule has 0 aliphatic rings. The van der Waals surface area contributed by atoms with Gasteiger partial charge in [0.1, 0.15) is 5.82 Å². The number of hydrogen-bond donors (Lipinski definition) is 1. The summed E-state index contributed by atoms with van der Waals surface area (Å²) in [5, 5.41) is 4.74. The van der Waals surface area contributed by atoms with E-state index in [2.05, 4.69) is 37.4 Å². The summed E-state index contributed by atoms with van der Waals surface area (Å²) in [7, 11) is 0. The third-order valence-electron chi connectivity index (χ3n) is 3.43. The molecule has 1 unspecified atom stereocenters. The number of thiophene rings is 2. The van der Waals surface area contributed by atoms with Crippen molar-refractivity contribution in [2.24, 2.45) is 0 Å². The fraction of sp³-hybridized carbons (Fsp3) is 0.294. The molecule has 3 rings (SSSR count). The van der Waals surface area contributed by atoms with Gasteiger partial charge in [0, 0.05) is 19.3 Å². The zero-order chi connectivity index (χ0) is 14.8. The summed E-state index contributed by atoms with van der Waals surface area (Å²) in [5.74, 6) is -0.166. The zero-order valence-electron chi connectivity index (χ0n) is 12.2. The number of hydrogen-bond acceptors (Lipinski definition) is 3. The molecule has 3 aromatic rings. The SMILES string of the molecule is CCCNC(c1ccc(C)s1)c1cc2ccc(F)cc2s1. The average molecular weight is 319 g/mol. The number of aryl methyl sites for hydroxylation is 1. The molecule has 1 N–H and O–H groups in total. The summed E-state index contributed by atoms with van der Waals surface area (Å²) in [6.45, 7) is 5.28. The van der Waals surface area contributed by atoms with Gasteiger partial charge in [0.05, 0.1) is 6.04 Å². The molecule has 0 saturated heterocycles. The molecule has 2 aromatic heterocycles. The Bertz CT molecular complexity index is 744. The third kappa shape index (κ3) is 3.18. The highest BCUT2D eigenvalue weighted by molar-refractivity contribution is 7.19. The zero-order valence-corrected chi connectivity index (χ0v) is 13.8. The van der Waals surface area contributed by atoms with Crippen molar-refractivity contribution in [3.05, 3.63) is 56.8 Å². The Morgan fingerprint density at radius 2 is 1.95 bits per heavy atom. The maximum absolute atomic E-state index is 13.4. The highest BCUT2D eigenvalue weighted by atomic mass is 32.1. The van der Waals surface area contributed by atoms with E-state index in [4.69, 9.17) is 0 Å². The van der Waals surface area contributed by atoms with Crippen LogP contribution in [0.25, 0.3) is 10.1 Å². The van der Waals surface area contributed by atoms with Crippen LogP contribution in [0.1, 0.15) is 34.0 Å². The van der Waals surface area contributed by atoms with E-state index in [1.807, 2.05) is 17.4 Å². The van der Waals surface area contributed by atoms with Crippen molar-refractivity contribution in [3.8, 4) is 0 Å². The van der Waals surface area contributed by atoms with E-state index in [0.717, 1.165) is 23.1 Å². The summed E-state index contributed by atoms with van der Waals surface area (Å²) < 4.78 is 14.4. The third-order valence-corrected chi connectivity index (χ3v) is 5.66. The van der Waals surface area contributed by atoms with Gasteiger partial charge < -0.3 is 5.32 Å². The van der Waals surface area contributed by atoms with Gasteiger partial charge in [-0.05, 0) is 55.6 Å². The molecule has 21 heavy (non-hydrogen) atoms. The molecule has 1 atom stereocenters. The molecule has 2 heterocycles. The molecule has 1 nitrogen and oxygen atoms in total. The fourth-order valence-electron chi connectivity index (χ4n) is 2.41. The summed E-state index contributed by atoms with van der Waals surface area (Å²) in [4.78, 5) is 3.90. The number of nitrogens with one attached hydrogen (secondary N) is 1. The lowest BCUT2D eigenvalue weighted by atomic mass is 10.1. The van der Waals surface area contributed by atoms with Crippen LogP contribution in [0.15, 0.2) is 36.4 Å². The monoisotopic (exact) mass is 319 g/mol. The molecular formula is C17H18FNS2. The van der Waals surface area contributed by atoms with Crippen molar-refractivity contribution >= 4 is 32.8 Å². The Morgan fingerprint density at radius 1 is 1.10 bits per heavy atom. The largest absolute Gasteiger partial charge is 0.305 e. The van der Waals surface area contributed by atoms with E-state index in [1.54, 1.807) is 17.4 Å². The van der Waals surface area contributed by atoms with Crippen molar-refractivity contribution < 1.29 is 4.39 Å². The number of rotatable bonds is 5. The predicted molar refractivity (Wildman–Crippen MR) is 91.0 cm³/mol. The lowest BCUT2D eigenvalue weighted by molar-refractivity contribution is 0.613. The van der Waals surface area contributed by atoms with E-state index in [-0.39, 0.29) is 11.9 Å². The molecule has 1 aromatic carbocycles. The second kappa shape index (κ2) is 6.26. The molecule has 0 fully saturated rings. The van der Waals surface area contributed by atoms with Crippen molar-refractivity contribution in [1.82, 2.24) is 5.32 Å². The van der Waals surface area contributed by atoms with Gasteiger partial charge in [-0.1, -0.05) is 13.0 Å². The Morgan fingerprint density at radius 3 is 2.67 bits per heavy atom. The lowest BCUT2D eigenvalue weighted by Crippen LogP contribution is -2.21. The van der Waals surface area contributed by atoms with Crippen molar-refractivity contribution in [1.29, 1.82) is 0 Å². The van der Waals surface area contributed by atoms with E-state index >= 15 is 0 Å².